The summed E-state index contributed by atoms with van der Waals surface area (Å²) in [5.74, 6) is 0. The molecule has 1 aliphatic rings. The highest BCUT2D eigenvalue weighted by Crippen LogP contribution is 2.08. The van der Waals surface area contributed by atoms with Gasteiger partial charge in [-0.15, -0.1) is 0 Å². The van der Waals surface area contributed by atoms with E-state index in [4.69, 9.17) is 8.85 Å². The molecule has 0 bridgehead atoms. The minimum absolute atomic E-state index is 0.277. The molecule has 0 spiro atoms. The van der Waals surface area contributed by atoms with Crippen molar-refractivity contribution in [2.75, 3.05) is 6.61 Å². The smallest absolute Gasteiger partial charge is 0.190 e. The van der Waals surface area contributed by atoms with Crippen molar-refractivity contribution in [2.24, 2.45) is 0 Å². The van der Waals surface area contributed by atoms with Crippen LogP contribution in [-0.2, 0) is 15.5 Å². The number of rotatable bonds is 3. The SMILES string of the molecule is c1ccc(CO[SiH]2CCCO[SiH2]2)cc1. The van der Waals surface area contributed by atoms with Crippen LogP contribution in [0.1, 0.15) is 12.0 Å². The lowest BCUT2D eigenvalue weighted by molar-refractivity contribution is 0.282. The highest BCUT2D eigenvalue weighted by molar-refractivity contribution is 7.06. The van der Waals surface area contributed by atoms with Crippen LogP contribution in [0.4, 0.5) is 0 Å². The first kappa shape index (κ1) is 10.1. The van der Waals surface area contributed by atoms with Crippen molar-refractivity contribution in [3.63, 3.8) is 0 Å². The van der Waals surface area contributed by atoms with Crippen LogP contribution in [0, 0.1) is 0 Å². The van der Waals surface area contributed by atoms with Gasteiger partial charge in [0.05, 0.1) is 6.61 Å². The first-order valence-electron chi connectivity index (χ1n) is 5.18. The summed E-state index contributed by atoms with van der Waals surface area (Å²) < 4.78 is 11.5. The molecule has 1 unspecified atom stereocenters. The molecule has 0 N–H and O–H groups in total. The standard InChI is InChI=1S/C10H16O2Si2/c1-2-5-10(6-3-1)9-12-14-8-4-7-11-13-14/h1-3,5-6,14H,4,7-9,13H2. The predicted molar refractivity (Wildman–Crippen MR) is 62.3 cm³/mol. The third kappa shape index (κ3) is 3.06. The Labute approximate surface area is 88.7 Å². The normalized spacial score (nSPS) is 23.9. The molecule has 1 saturated heterocycles. The lowest BCUT2D eigenvalue weighted by Crippen LogP contribution is -2.33. The molecule has 0 saturated carbocycles. The van der Waals surface area contributed by atoms with Crippen molar-refractivity contribution in [1.82, 2.24) is 0 Å². The maximum Gasteiger partial charge on any atom is 0.190 e. The van der Waals surface area contributed by atoms with Crippen LogP contribution < -0.4 is 0 Å². The van der Waals surface area contributed by atoms with Crippen LogP contribution in [0.15, 0.2) is 30.3 Å². The van der Waals surface area contributed by atoms with E-state index in [2.05, 4.69) is 24.3 Å². The summed E-state index contributed by atoms with van der Waals surface area (Å²) in [7, 11) is -1.16. The summed E-state index contributed by atoms with van der Waals surface area (Å²) in [5.41, 5.74) is 1.29. The van der Waals surface area contributed by atoms with Crippen LogP contribution in [0.25, 0.3) is 0 Å². The second-order valence-electron chi connectivity index (χ2n) is 3.64. The summed E-state index contributed by atoms with van der Waals surface area (Å²) in [5, 5.41) is 0. The van der Waals surface area contributed by atoms with Gasteiger partial charge in [0.2, 0.25) is 0 Å². The zero-order chi connectivity index (χ0) is 9.64. The van der Waals surface area contributed by atoms with Gasteiger partial charge in [-0.2, -0.15) is 0 Å². The van der Waals surface area contributed by atoms with Gasteiger partial charge in [-0.3, -0.25) is 0 Å². The second-order valence-corrected chi connectivity index (χ2v) is 10.3. The third-order valence-electron chi connectivity index (χ3n) is 2.45. The summed E-state index contributed by atoms with van der Waals surface area (Å²) in [6.45, 7) is 1.79. The molecule has 76 valence electrons. The minimum atomic E-state index is -0.879. The first-order valence-corrected chi connectivity index (χ1v) is 10.3. The van der Waals surface area contributed by atoms with Crippen LogP contribution in [0.5, 0.6) is 0 Å². The van der Waals surface area contributed by atoms with Gasteiger partial charge < -0.3 is 8.85 Å². The summed E-state index contributed by atoms with van der Waals surface area (Å²) in [6.07, 6.45) is 1.22. The van der Waals surface area contributed by atoms with Crippen molar-refractivity contribution in [3.8, 4) is 0 Å². The Morgan fingerprint density at radius 1 is 1.36 bits per heavy atom. The van der Waals surface area contributed by atoms with Crippen LogP contribution in [-0.4, -0.2) is 24.4 Å². The van der Waals surface area contributed by atoms with Crippen molar-refractivity contribution in [2.45, 2.75) is 19.1 Å². The minimum Gasteiger partial charge on any atom is -0.425 e. The number of benzene rings is 1. The second kappa shape index (κ2) is 5.45. The lowest BCUT2D eigenvalue weighted by Gasteiger charge is -2.20. The van der Waals surface area contributed by atoms with Crippen molar-refractivity contribution < 1.29 is 8.85 Å². The Hall–Kier alpha value is -0.426. The highest BCUT2D eigenvalue weighted by Gasteiger charge is 2.17. The van der Waals surface area contributed by atoms with Gasteiger partial charge in [0.15, 0.2) is 17.8 Å². The monoisotopic (exact) mass is 224 g/mol. The predicted octanol–water partition coefficient (Wildman–Crippen LogP) is 0.928. The zero-order valence-corrected chi connectivity index (χ0v) is 10.9. The first-order chi connectivity index (χ1) is 6.95. The highest BCUT2D eigenvalue weighted by atomic mass is 29.2. The molecular weight excluding hydrogens is 208 g/mol. The third-order valence-corrected chi connectivity index (χ3v) is 8.79. The molecule has 2 rings (SSSR count). The van der Waals surface area contributed by atoms with E-state index in [1.54, 1.807) is 0 Å². The van der Waals surface area contributed by atoms with Crippen LogP contribution in [0.3, 0.4) is 0 Å². The quantitative estimate of drug-likeness (QED) is 0.711. The van der Waals surface area contributed by atoms with Gasteiger partial charge in [0.25, 0.3) is 0 Å². The Balaban J connectivity index is 1.76. The topological polar surface area (TPSA) is 18.5 Å². The van der Waals surface area contributed by atoms with E-state index in [1.807, 2.05) is 6.07 Å². The number of hydrogen-bond acceptors (Lipinski definition) is 2. The maximum absolute atomic E-state index is 5.94. The lowest BCUT2D eigenvalue weighted by atomic mass is 10.2. The molecule has 1 aliphatic heterocycles. The van der Waals surface area contributed by atoms with Gasteiger partial charge in [-0.05, 0) is 18.0 Å². The molecule has 0 aliphatic carbocycles. The fourth-order valence-electron chi connectivity index (χ4n) is 1.63. The molecule has 4 heteroatoms. The van der Waals surface area contributed by atoms with Gasteiger partial charge in [0.1, 0.15) is 0 Å². The molecule has 2 nitrogen and oxygen atoms in total. The van der Waals surface area contributed by atoms with Gasteiger partial charge in [-0.1, -0.05) is 30.3 Å². The molecule has 0 radical (unpaired) electrons. The average molecular weight is 224 g/mol. The van der Waals surface area contributed by atoms with Crippen molar-refractivity contribution in [3.05, 3.63) is 35.9 Å². The molecule has 1 fully saturated rings. The molecule has 0 amide bonds. The fourth-order valence-corrected chi connectivity index (χ4v) is 7.04. The van der Waals surface area contributed by atoms with E-state index < -0.39 is 8.56 Å². The number of hydrogen-bond donors (Lipinski definition) is 0. The molecule has 0 aromatic heterocycles. The van der Waals surface area contributed by atoms with Crippen molar-refractivity contribution >= 4 is 17.8 Å². The molecule has 1 aromatic carbocycles. The maximum atomic E-state index is 5.94. The molecule has 1 heterocycles. The largest absolute Gasteiger partial charge is 0.425 e. The van der Waals surface area contributed by atoms with E-state index in [0.29, 0.717) is 0 Å². The fraction of sp³-hybridized carbons (Fsp3) is 0.400. The molecule has 1 atom stereocenters. The van der Waals surface area contributed by atoms with E-state index in [-0.39, 0.29) is 9.28 Å². The van der Waals surface area contributed by atoms with Crippen molar-refractivity contribution in [1.29, 1.82) is 0 Å². The van der Waals surface area contributed by atoms with E-state index in [0.717, 1.165) is 13.2 Å². The van der Waals surface area contributed by atoms with Gasteiger partial charge in [0, 0.05) is 6.61 Å². The Bertz CT molecular complexity index is 260. The van der Waals surface area contributed by atoms with E-state index in [9.17, 15) is 0 Å². The van der Waals surface area contributed by atoms with Crippen LogP contribution >= 0.6 is 0 Å². The average Bonchev–Trinajstić information content (AvgIpc) is 2.29. The van der Waals surface area contributed by atoms with E-state index >= 15 is 0 Å². The van der Waals surface area contributed by atoms with Crippen LogP contribution in [0.2, 0.25) is 6.04 Å². The Kier molecular flexibility index (Phi) is 3.94. The zero-order valence-electron chi connectivity index (χ0n) is 8.32. The van der Waals surface area contributed by atoms with E-state index in [1.165, 1.54) is 18.0 Å². The van der Waals surface area contributed by atoms with Gasteiger partial charge in [-0.25, -0.2) is 0 Å². The summed E-state index contributed by atoms with van der Waals surface area (Å²) in [6, 6.07) is 11.8. The summed E-state index contributed by atoms with van der Waals surface area (Å²) in [4.78, 5) is 0. The molecular formula is C10H16O2Si2. The Morgan fingerprint density at radius 2 is 2.21 bits per heavy atom. The summed E-state index contributed by atoms with van der Waals surface area (Å²) >= 11 is 0. The Morgan fingerprint density at radius 3 is 2.93 bits per heavy atom. The molecule has 14 heavy (non-hydrogen) atoms. The van der Waals surface area contributed by atoms with Gasteiger partial charge >= 0.3 is 0 Å². The molecule has 1 aromatic rings.